The van der Waals surface area contributed by atoms with Gasteiger partial charge in [-0.15, -0.1) is 0 Å². The number of likely N-dealkylation sites (tertiary alicyclic amines) is 1. The first kappa shape index (κ1) is 17.8. The predicted octanol–water partition coefficient (Wildman–Crippen LogP) is 3.50. The number of rotatable bonds is 1. The quantitative estimate of drug-likeness (QED) is 0.765. The number of carbonyl (C=O) groups excluding carboxylic acids is 1. The standard InChI is InChI=1S/C20H19F3N2O2/c1-12(26)24-9-13-5-16(11-24)18-7-15(8-19(27)25(18)10-13)14-3-2-4-17(6-14)20(21,22)23/h2-4,6-8,13,16H,5,9-11H2,1H3/t13-,16+/m0/s1. The van der Waals surface area contributed by atoms with Gasteiger partial charge in [0.2, 0.25) is 5.91 Å². The second-order valence-corrected chi connectivity index (χ2v) is 7.42. The fraction of sp³-hybridized carbons (Fsp3) is 0.400. The molecule has 0 N–H and O–H groups in total. The summed E-state index contributed by atoms with van der Waals surface area (Å²) in [4.78, 5) is 26.2. The van der Waals surface area contributed by atoms with E-state index >= 15 is 0 Å². The zero-order valence-electron chi connectivity index (χ0n) is 14.8. The number of hydrogen-bond donors (Lipinski definition) is 0. The molecule has 1 aromatic heterocycles. The van der Waals surface area contributed by atoms with Gasteiger partial charge in [-0.2, -0.15) is 13.2 Å². The molecule has 2 bridgehead atoms. The average molecular weight is 376 g/mol. The van der Waals surface area contributed by atoms with Crippen molar-refractivity contribution in [2.45, 2.75) is 32.0 Å². The number of nitrogens with zero attached hydrogens (tertiary/aromatic N) is 2. The van der Waals surface area contributed by atoms with Gasteiger partial charge in [0.25, 0.3) is 5.56 Å². The van der Waals surface area contributed by atoms with Gasteiger partial charge in [-0.05, 0) is 41.7 Å². The van der Waals surface area contributed by atoms with E-state index in [9.17, 15) is 22.8 Å². The highest BCUT2D eigenvalue weighted by molar-refractivity contribution is 5.73. The van der Waals surface area contributed by atoms with Crippen molar-refractivity contribution >= 4 is 5.91 Å². The van der Waals surface area contributed by atoms with Gasteiger partial charge < -0.3 is 9.47 Å². The fourth-order valence-corrected chi connectivity index (χ4v) is 4.26. The highest BCUT2D eigenvalue weighted by Gasteiger charge is 2.36. The number of benzene rings is 1. The fourth-order valence-electron chi connectivity index (χ4n) is 4.26. The molecule has 0 radical (unpaired) electrons. The Balaban J connectivity index is 1.77. The van der Waals surface area contributed by atoms with Crippen molar-refractivity contribution in [3.63, 3.8) is 0 Å². The molecular formula is C20H19F3N2O2. The third-order valence-electron chi connectivity index (χ3n) is 5.52. The van der Waals surface area contributed by atoms with Gasteiger partial charge in [-0.3, -0.25) is 9.59 Å². The number of hydrogen-bond acceptors (Lipinski definition) is 2. The van der Waals surface area contributed by atoms with Crippen LogP contribution in [0.2, 0.25) is 0 Å². The lowest BCUT2D eigenvalue weighted by Crippen LogP contribution is -2.48. The maximum atomic E-state index is 13.0. The summed E-state index contributed by atoms with van der Waals surface area (Å²) in [6, 6.07) is 8.23. The first-order chi connectivity index (χ1) is 12.7. The van der Waals surface area contributed by atoms with Crippen molar-refractivity contribution in [2.75, 3.05) is 13.1 Å². The van der Waals surface area contributed by atoms with Gasteiger partial charge in [0, 0.05) is 44.2 Å². The van der Waals surface area contributed by atoms with Crippen molar-refractivity contribution in [1.82, 2.24) is 9.47 Å². The number of piperidine rings is 1. The lowest BCUT2D eigenvalue weighted by molar-refractivity contribution is -0.137. The third kappa shape index (κ3) is 3.26. The van der Waals surface area contributed by atoms with Crippen LogP contribution < -0.4 is 5.56 Å². The lowest BCUT2D eigenvalue weighted by atomic mass is 9.82. The summed E-state index contributed by atoms with van der Waals surface area (Å²) in [5.74, 6) is 0.270. The molecular weight excluding hydrogens is 357 g/mol. The van der Waals surface area contributed by atoms with Gasteiger partial charge in [0.1, 0.15) is 0 Å². The zero-order chi connectivity index (χ0) is 19.3. The number of aromatic nitrogens is 1. The van der Waals surface area contributed by atoms with Crippen LogP contribution in [-0.2, 0) is 17.5 Å². The van der Waals surface area contributed by atoms with Crippen LogP contribution in [0.4, 0.5) is 13.2 Å². The number of halogens is 3. The van der Waals surface area contributed by atoms with Gasteiger partial charge >= 0.3 is 6.18 Å². The van der Waals surface area contributed by atoms with E-state index in [1.54, 1.807) is 21.6 Å². The minimum atomic E-state index is -4.43. The molecule has 2 aliphatic heterocycles. The SMILES string of the molecule is CC(=O)N1C[C@@H]2C[C@H](C1)c1cc(-c3cccc(C(F)(F)F)c3)cc(=O)n1C2. The second-order valence-electron chi connectivity index (χ2n) is 7.42. The number of pyridine rings is 1. The summed E-state index contributed by atoms with van der Waals surface area (Å²) in [5.41, 5.74) is 0.712. The number of alkyl halides is 3. The molecule has 4 nitrogen and oxygen atoms in total. The van der Waals surface area contributed by atoms with Gasteiger partial charge in [-0.25, -0.2) is 0 Å². The monoisotopic (exact) mass is 376 g/mol. The lowest BCUT2D eigenvalue weighted by Gasteiger charge is -2.42. The first-order valence-electron chi connectivity index (χ1n) is 8.90. The van der Waals surface area contributed by atoms with Gasteiger partial charge in [0.05, 0.1) is 5.56 Å². The molecule has 1 amide bonds. The largest absolute Gasteiger partial charge is 0.416 e. The van der Waals surface area contributed by atoms with Crippen LogP contribution in [0.5, 0.6) is 0 Å². The Bertz CT molecular complexity index is 964. The Kier molecular flexibility index (Phi) is 4.13. The van der Waals surface area contributed by atoms with E-state index in [2.05, 4.69) is 0 Å². The maximum absolute atomic E-state index is 13.0. The smallest absolute Gasteiger partial charge is 0.342 e. The van der Waals surface area contributed by atoms with Crippen LogP contribution in [0.25, 0.3) is 11.1 Å². The van der Waals surface area contributed by atoms with Crippen molar-refractivity contribution in [2.24, 2.45) is 5.92 Å². The molecule has 1 fully saturated rings. The van der Waals surface area contributed by atoms with Crippen LogP contribution in [0.1, 0.15) is 30.5 Å². The zero-order valence-corrected chi connectivity index (χ0v) is 14.8. The Morgan fingerprint density at radius 1 is 1.07 bits per heavy atom. The van der Waals surface area contributed by atoms with E-state index in [0.717, 1.165) is 24.2 Å². The molecule has 0 saturated carbocycles. The molecule has 2 aliphatic rings. The highest BCUT2D eigenvalue weighted by atomic mass is 19.4. The Morgan fingerprint density at radius 3 is 2.56 bits per heavy atom. The number of amides is 1. The summed E-state index contributed by atoms with van der Waals surface area (Å²) in [7, 11) is 0. The maximum Gasteiger partial charge on any atom is 0.416 e. The normalized spacial score (nSPS) is 21.7. The minimum Gasteiger partial charge on any atom is -0.342 e. The third-order valence-corrected chi connectivity index (χ3v) is 5.52. The molecule has 142 valence electrons. The predicted molar refractivity (Wildman–Crippen MR) is 94.2 cm³/mol. The molecule has 27 heavy (non-hydrogen) atoms. The topological polar surface area (TPSA) is 42.3 Å². The van der Waals surface area contributed by atoms with Crippen molar-refractivity contribution in [3.05, 3.63) is 58.0 Å². The first-order valence-corrected chi connectivity index (χ1v) is 8.90. The summed E-state index contributed by atoms with van der Waals surface area (Å²) in [5, 5.41) is 0. The van der Waals surface area contributed by atoms with Crippen LogP contribution in [-0.4, -0.2) is 28.5 Å². The van der Waals surface area contributed by atoms with Crippen LogP contribution in [0, 0.1) is 5.92 Å². The molecule has 0 unspecified atom stereocenters. The molecule has 0 aliphatic carbocycles. The van der Waals surface area contributed by atoms with Crippen molar-refractivity contribution in [1.29, 1.82) is 0 Å². The molecule has 3 heterocycles. The van der Waals surface area contributed by atoms with Gasteiger partial charge in [-0.1, -0.05) is 12.1 Å². The van der Waals surface area contributed by atoms with E-state index in [0.29, 0.717) is 30.8 Å². The average Bonchev–Trinajstić information content (AvgIpc) is 2.61. The van der Waals surface area contributed by atoms with Crippen LogP contribution in [0.15, 0.2) is 41.2 Å². The minimum absolute atomic E-state index is 0.00882. The van der Waals surface area contributed by atoms with E-state index in [4.69, 9.17) is 0 Å². The van der Waals surface area contributed by atoms with E-state index in [1.165, 1.54) is 19.1 Å². The number of fused-ring (bicyclic) bond motifs is 4. The molecule has 2 aromatic rings. The molecule has 4 rings (SSSR count). The van der Waals surface area contributed by atoms with E-state index < -0.39 is 11.7 Å². The van der Waals surface area contributed by atoms with Crippen LogP contribution >= 0.6 is 0 Å². The van der Waals surface area contributed by atoms with E-state index in [1.807, 2.05) is 0 Å². The molecule has 7 heteroatoms. The molecule has 2 atom stereocenters. The summed E-state index contributed by atoms with van der Waals surface area (Å²) < 4.78 is 40.8. The molecule has 1 aromatic carbocycles. The summed E-state index contributed by atoms with van der Waals surface area (Å²) >= 11 is 0. The van der Waals surface area contributed by atoms with Gasteiger partial charge in [0.15, 0.2) is 0 Å². The Morgan fingerprint density at radius 2 is 1.85 bits per heavy atom. The summed E-state index contributed by atoms with van der Waals surface area (Å²) in [6.45, 7) is 3.26. The van der Waals surface area contributed by atoms with Crippen molar-refractivity contribution in [3.8, 4) is 11.1 Å². The number of carbonyl (C=O) groups is 1. The van der Waals surface area contributed by atoms with Crippen LogP contribution in [0.3, 0.4) is 0 Å². The Hall–Kier alpha value is -2.57. The highest BCUT2D eigenvalue weighted by Crippen LogP contribution is 2.37. The molecule has 0 spiro atoms. The van der Waals surface area contributed by atoms with Crippen molar-refractivity contribution < 1.29 is 18.0 Å². The summed E-state index contributed by atoms with van der Waals surface area (Å²) in [6.07, 6.45) is -3.55. The second kappa shape index (κ2) is 6.25. The molecule has 1 saturated heterocycles. The van der Waals surface area contributed by atoms with E-state index in [-0.39, 0.29) is 23.3 Å². The Labute approximate surface area is 154 Å².